The van der Waals surface area contributed by atoms with Crippen molar-refractivity contribution in [3.8, 4) is 6.01 Å². The number of nitrogens with zero attached hydrogens (tertiary/aromatic N) is 5. The van der Waals surface area contributed by atoms with Crippen LogP contribution >= 0.6 is 11.6 Å². The van der Waals surface area contributed by atoms with Crippen LogP contribution in [0.15, 0.2) is 6.20 Å². The highest BCUT2D eigenvalue weighted by Gasteiger charge is 2.56. The lowest BCUT2D eigenvalue weighted by Crippen LogP contribution is -2.46. The smallest absolute Gasteiger partial charge is 0.319 e. The summed E-state index contributed by atoms with van der Waals surface area (Å²) < 4.78 is 50.2. The minimum Gasteiger partial charge on any atom is -0.461 e. The average Bonchev–Trinajstić information content (AvgIpc) is 3.28. The molecule has 5 unspecified atom stereocenters. The quantitative estimate of drug-likeness (QED) is 0.485. The molecule has 2 aromatic heterocycles. The van der Waals surface area contributed by atoms with Crippen molar-refractivity contribution in [1.29, 1.82) is 0 Å². The van der Waals surface area contributed by atoms with Crippen molar-refractivity contribution in [2.75, 3.05) is 64.1 Å². The van der Waals surface area contributed by atoms with Gasteiger partial charge in [-0.1, -0.05) is 0 Å². The predicted octanol–water partition coefficient (Wildman–Crippen LogP) is 3.18. The summed E-state index contributed by atoms with van der Waals surface area (Å²) >= 11 is 7.18. The van der Waals surface area contributed by atoms with Crippen LogP contribution in [0, 0.1) is 29.5 Å². The molecule has 6 bridgehead atoms. The predicted molar refractivity (Wildman–Crippen MR) is 164 cm³/mol. The maximum absolute atomic E-state index is 17.1. The molecule has 13 heteroatoms. The van der Waals surface area contributed by atoms with Gasteiger partial charge in [0.25, 0.3) is 0 Å². The molecule has 0 aromatic carbocycles. The van der Waals surface area contributed by atoms with Gasteiger partial charge in [-0.2, -0.15) is 9.97 Å². The van der Waals surface area contributed by atoms with E-state index in [0.717, 1.165) is 45.2 Å². The maximum Gasteiger partial charge on any atom is 0.319 e. The van der Waals surface area contributed by atoms with Crippen molar-refractivity contribution in [2.24, 2.45) is 23.7 Å². The summed E-state index contributed by atoms with van der Waals surface area (Å²) in [5.41, 5.74) is 7.03. The van der Waals surface area contributed by atoms with Crippen LogP contribution < -0.4 is 20.5 Å². The fourth-order valence-corrected chi connectivity index (χ4v) is 10.3. The molecule has 6 fully saturated rings. The SMILES string of the molecule is Fc1c2ncc3c(nc(OC[C@@]45CCCN4C[C@H](F)C5)nc13)N1CCO[C@@H](COCC[C@@H]3C[C@@H]3C3C(Cl)CC4NNCC4C23)C1. The monoisotopic (exact) mass is 645 g/mol. The number of halogens is 3. The Hall–Kier alpha value is -1.96. The summed E-state index contributed by atoms with van der Waals surface area (Å²) in [5, 5.41) is 0.467. The Morgan fingerprint density at radius 1 is 1.16 bits per heavy atom. The van der Waals surface area contributed by atoms with Crippen molar-refractivity contribution in [2.45, 2.75) is 73.7 Å². The van der Waals surface area contributed by atoms with E-state index in [1.807, 2.05) is 0 Å². The summed E-state index contributed by atoms with van der Waals surface area (Å²) in [4.78, 5) is 18.8. The van der Waals surface area contributed by atoms with Crippen molar-refractivity contribution in [3.63, 3.8) is 0 Å². The number of aromatic nitrogens is 3. The lowest BCUT2D eigenvalue weighted by Gasteiger charge is -2.42. The molecule has 0 radical (unpaired) electrons. The zero-order valence-corrected chi connectivity index (χ0v) is 26.2. The van der Waals surface area contributed by atoms with E-state index in [-0.39, 0.29) is 58.9 Å². The van der Waals surface area contributed by atoms with Crippen molar-refractivity contribution < 1.29 is 23.0 Å². The van der Waals surface area contributed by atoms with Crippen LogP contribution in [-0.2, 0) is 9.47 Å². The third-order valence-corrected chi connectivity index (χ3v) is 12.4. The molecule has 244 valence electrons. The highest BCUT2D eigenvalue weighted by molar-refractivity contribution is 6.21. The Morgan fingerprint density at radius 3 is 3.02 bits per heavy atom. The first-order valence-electron chi connectivity index (χ1n) is 16.9. The first-order chi connectivity index (χ1) is 22.0. The molecule has 6 aliphatic heterocycles. The molecule has 2 N–H and O–H groups in total. The van der Waals surface area contributed by atoms with Crippen LogP contribution in [-0.4, -0.2) is 108 Å². The molecule has 2 saturated carbocycles. The standard InChI is InChI=1S/C32H42ClF2N7O3/c33-23-9-24-21(12-37-40-24)26-25(23)20-8-17(20)2-6-43-15-19-14-41(5-7-44-19)30-22-11-36-29(26)27(35)28(22)38-31(39-30)45-16-32-3-1-4-42(32)13-18(34)10-32/h11,17-21,23-26,37,40H,1-10,12-16H2/t17-,18-,19-,20+,21?,23?,24?,25?,26?,32+/m1/s1. The van der Waals surface area contributed by atoms with E-state index < -0.39 is 12.0 Å². The Kier molecular flexibility index (Phi) is 7.35. The van der Waals surface area contributed by atoms with Gasteiger partial charge >= 0.3 is 6.01 Å². The second kappa shape index (κ2) is 11.3. The molecular weight excluding hydrogens is 604 g/mol. The van der Waals surface area contributed by atoms with E-state index >= 15 is 4.39 Å². The fraction of sp³-hybridized carbons (Fsp3) is 0.781. The van der Waals surface area contributed by atoms with Crippen LogP contribution in [0.4, 0.5) is 14.6 Å². The van der Waals surface area contributed by atoms with Crippen LogP contribution in [0.2, 0.25) is 0 Å². The third-order valence-electron chi connectivity index (χ3n) is 12.0. The minimum absolute atomic E-state index is 0.0894. The number of alkyl halides is 2. The molecule has 8 aliphatic rings. The summed E-state index contributed by atoms with van der Waals surface area (Å²) in [6, 6.07) is 0.276. The number of anilines is 1. The average molecular weight is 646 g/mol. The Morgan fingerprint density at radius 2 is 2.09 bits per heavy atom. The number of morpholine rings is 1. The number of hydrazine groups is 1. The minimum atomic E-state index is -0.865. The molecule has 10 atom stereocenters. The number of hydrogen-bond acceptors (Lipinski definition) is 10. The van der Waals surface area contributed by atoms with E-state index in [4.69, 9.17) is 40.8 Å². The zero-order valence-electron chi connectivity index (χ0n) is 25.5. The van der Waals surface area contributed by atoms with Gasteiger partial charge in [0.15, 0.2) is 5.82 Å². The number of hydrogen-bond donors (Lipinski definition) is 2. The van der Waals surface area contributed by atoms with Crippen molar-refractivity contribution >= 4 is 28.3 Å². The Bertz CT molecular complexity index is 1460. The number of rotatable bonds is 3. The molecule has 0 spiro atoms. The number of nitrogens with one attached hydrogen (secondary N) is 2. The largest absolute Gasteiger partial charge is 0.461 e. The van der Waals surface area contributed by atoms with Gasteiger partial charge in [-0.3, -0.25) is 20.7 Å². The summed E-state index contributed by atoms with van der Waals surface area (Å²) in [6.07, 6.45) is 5.98. The molecule has 2 aliphatic carbocycles. The molecule has 8 heterocycles. The summed E-state index contributed by atoms with van der Waals surface area (Å²) in [5.74, 6) is 1.23. The van der Waals surface area contributed by atoms with Crippen LogP contribution in [0.25, 0.3) is 10.9 Å². The molecule has 0 amide bonds. The van der Waals surface area contributed by atoms with E-state index in [9.17, 15) is 4.39 Å². The van der Waals surface area contributed by atoms with Gasteiger partial charge < -0.3 is 19.1 Å². The first-order valence-corrected chi connectivity index (χ1v) is 17.4. The van der Waals surface area contributed by atoms with Crippen LogP contribution in [0.5, 0.6) is 6.01 Å². The van der Waals surface area contributed by atoms with Crippen LogP contribution in [0.1, 0.15) is 50.1 Å². The summed E-state index contributed by atoms with van der Waals surface area (Å²) in [6.45, 7) is 5.15. The number of fused-ring (bicyclic) bond motifs is 6. The van der Waals surface area contributed by atoms with E-state index in [2.05, 4.69) is 20.7 Å². The number of ether oxygens (including phenoxy) is 3. The molecule has 45 heavy (non-hydrogen) atoms. The molecule has 10 rings (SSSR count). The highest BCUT2D eigenvalue weighted by atomic mass is 35.5. The third kappa shape index (κ3) is 5.01. The first kappa shape index (κ1) is 29.2. The maximum atomic E-state index is 17.1. The summed E-state index contributed by atoms with van der Waals surface area (Å²) in [7, 11) is 0. The van der Waals surface area contributed by atoms with Crippen molar-refractivity contribution in [3.05, 3.63) is 17.7 Å². The van der Waals surface area contributed by atoms with Gasteiger partial charge in [0.05, 0.1) is 35.9 Å². The van der Waals surface area contributed by atoms with Gasteiger partial charge in [-0.15, -0.1) is 11.6 Å². The van der Waals surface area contributed by atoms with Crippen molar-refractivity contribution in [1.82, 2.24) is 30.7 Å². The topological polar surface area (TPSA) is 96.9 Å². The zero-order chi connectivity index (χ0) is 30.3. The Labute approximate surface area is 266 Å². The normalized spacial score (nSPS) is 41.2. The second-order valence-corrected chi connectivity index (χ2v) is 15.1. The fourth-order valence-electron chi connectivity index (χ4n) is 9.76. The van der Waals surface area contributed by atoms with Gasteiger partial charge in [-0.05, 0) is 62.3 Å². The van der Waals surface area contributed by atoms with Gasteiger partial charge in [0, 0.05) is 62.7 Å². The number of pyridine rings is 1. The van der Waals surface area contributed by atoms with E-state index in [1.165, 1.54) is 0 Å². The van der Waals surface area contributed by atoms with Gasteiger partial charge in [0.1, 0.15) is 24.1 Å². The van der Waals surface area contributed by atoms with Gasteiger partial charge in [-0.25, -0.2) is 8.78 Å². The molecule has 10 nitrogen and oxygen atoms in total. The van der Waals surface area contributed by atoms with E-state index in [0.29, 0.717) is 74.6 Å². The molecule has 2 aromatic rings. The second-order valence-electron chi connectivity index (χ2n) is 14.5. The van der Waals surface area contributed by atoms with Gasteiger partial charge in [0.2, 0.25) is 0 Å². The lowest BCUT2D eigenvalue weighted by atomic mass is 9.66. The van der Waals surface area contributed by atoms with Crippen LogP contribution in [0.3, 0.4) is 0 Å². The lowest BCUT2D eigenvalue weighted by molar-refractivity contribution is -0.0251. The van der Waals surface area contributed by atoms with E-state index in [1.54, 1.807) is 6.20 Å². The Balaban J connectivity index is 1.15. The molecular formula is C32H42ClF2N7O3. The molecule has 4 saturated heterocycles. The highest BCUT2D eigenvalue weighted by Crippen LogP contribution is 2.58.